The number of aryl methyl sites for hydroxylation is 1. The molecule has 1 unspecified atom stereocenters. The standard InChI is InChI=1S/C19H21ClN2O2/c20-17-7-2-6-16(12-17)18-14-22(10-11-24-18)19(23)8-1-4-15-5-3-9-21-13-15/h2-3,5-7,9,12-13,18H,1,4,8,10-11,14H2. The van der Waals surface area contributed by atoms with E-state index in [0.29, 0.717) is 31.1 Å². The van der Waals surface area contributed by atoms with Gasteiger partial charge >= 0.3 is 0 Å². The molecule has 1 atom stereocenters. The molecule has 1 aromatic heterocycles. The molecule has 1 aliphatic rings. The van der Waals surface area contributed by atoms with E-state index < -0.39 is 0 Å². The summed E-state index contributed by atoms with van der Waals surface area (Å²) in [6.45, 7) is 1.81. The van der Waals surface area contributed by atoms with Crippen LogP contribution in [0.3, 0.4) is 0 Å². The maximum atomic E-state index is 12.5. The van der Waals surface area contributed by atoms with Gasteiger partial charge in [-0.25, -0.2) is 0 Å². The number of rotatable bonds is 5. The fraction of sp³-hybridized carbons (Fsp3) is 0.368. The first kappa shape index (κ1) is 16.9. The molecule has 3 rings (SSSR count). The summed E-state index contributed by atoms with van der Waals surface area (Å²) >= 11 is 6.05. The van der Waals surface area contributed by atoms with Crippen molar-refractivity contribution in [2.24, 2.45) is 0 Å². The minimum atomic E-state index is -0.0975. The lowest BCUT2D eigenvalue weighted by atomic mass is 10.1. The first-order valence-corrected chi connectivity index (χ1v) is 8.64. The lowest BCUT2D eigenvalue weighted by Crippen LogP contribution is -2.42. The van der Waals surface area contributed by atoms with Crippen molar-refractivity contribution >= 4 is 17.5 Å². The zero-order valence-electron chi connectivity index (χ0n) is 13.5. The molecule has 0 saturated carbocycles. The summed E-state index contributed by atoms with van der Waals surface area (Å²) in [4.78, 5) is 18.5. The van der Waals surface area contributed by atoms with Crippen LogP contribution in [-0.2, 0) is 16.0 Å². The lowest BCUT2D eigenvalue weighted by molar-refractivity contribution is -0.139. The summed E-state index contributed by atoms with van der Waals surface area (Å²) < 4.78 is 5.81. The summed E-state index contributed by atoms with van der Waals surface area (Å²) in [7, 11) is 0. The van der Waals surface area contributed by atoms with Gasteiger partial charge in [0, 0.05) is 30.4 Å². The third-order valence-corrected chi connectivity index (χ3v) is 4.45. The molecule has 2 aromatic rings. The van der Waals surface area contributed by atoms with Crippen molar-refractivity contribution in [3.8, 4) is 0 Å². The molecule has 24 heavy (non-hydrogen) atoms. The molecule has 2 heterocycles. The number of pyridine rings is 1. The molecule has 5 heteroatoms. The van der Waals surface area contributed by atoms with E-state index in [9.17, 15) is 4.79 Å². The fourth-order valence-electron chi connectivity index (χ4n) is 2.93. The third kappa shape index (κ3) is 4.56. The van der Waals surface area contributed by atoms with Gasteiger partial charge in [0.2, 0.25) is 5.91 Å². The highest BCUT2D eigenvalue weighted by Crippen LogP contribution is 2.25. The molecule has 1 fully saturated rings. The maximum absolute atomic E-state index is 12.5. The average Bonchev–Trinajstić information content (AvgIpc) is 2.63. The summed E-state index contributed by atoms with van der Waals surface area (Å²) in [6.07, 6.45) is 5.79. The van der Waals surface area contributed by atoms with Crippen LogP contribution in [0.25, 0.3) is 0 Å². The molecule has 0 N–H and O–H groups in total. The molecule has 1 saturated heterocycles. The zero-order chi connectivity index (χ0) is 16.8. The minimum Gasteiger partial charge on any atom is -0.370 e. The third-order valence-electron chi connectivity index (χ3n) is 4.22. The Bertz CT molecular complexity index is 678. The smallest absolute Gasteiger partial charge is 0.222 e. The van der Waals surface area contributed by atoms with Crippen LogP contribution in [-0.4, -0.2) is 35.5 Å². The number of hydrogen-bond donors (Lipinski definition) is 0. The number of benzene rings is 1. The van der Waals surface area contributed by atoms with Gasteiger partial charge in [-0.1, -0.05) is 29.8 Å². The molecular formula is C19H21ClN2O2. The Labute approximate surface area is 147 Å². The van der Waals surface area contributed by atoms with Crippen molar-refractivity contribution in [1.29, 1.82) is 0 Å². The predicted octanol–water partition coefficient (Wildman–Crippen LogP) is 3.66. The highest BCUT2D eigenvalue weighted by atomic mass is 35.5. The van der Waals surface area contributed by atoms with Gasteiger partial charge < -0.3 is 9.64 Å². The Morgan fingerprint density at radius 3 is 3.04 bits per heavy atom. The molecule has 1 aliphatic heterocycles. The van der Waals surface area contributed by atoms with Gasteiger partial charge in [0.05, 0.1) is 13.2 Å². The first-order chi connectivity index (χ1) is 11.7. The fourth-order valence-corrected chi connectivity index (χ4v) is 3.13. The minimum absolute atomic E-state index is 0.0975. The van der Waals surface area contributed by atoms with Gasteiger partial charge in [-0.2, -0.15) is 0 Å². The van der Waals surface area contributed by atoms with Crippen LogP contribution in [0.1, 0.15) is 30.1 Å². The van der Waals surface area contributed by atoms with Crippen LogP contribution < -0.4 is 0 Å². The average molecular weight is 345 g/mol. The van der Waals surface area contributed by atoms with Gasteiger partial charge in [-0.3, -0.25) is 9.78 Å². The molecule has 4 nitrogen and oxygen atoms in total. The number of aromatic nitrogens is 1. The van der Waals surface area contributed by atoms with E-state index in [0.717, 1.165) is 18.4 Å². The molecule has 0 radical (unpaired) electrons. The number of carbonyl (C=O) groups excluding carboxylic acids is 1. The number of morpholine rings is 1. The van der Waals surface area contributed by atoms with Crippen LogP contribution >= 0.6 is 11.6 Å². The van der Waals surface area contributed by atoms with E-state index in [1.165, 1.54) is 5.56 Å². The number of halogens is 1. The van der Waals surface area contributed by atoms with Crippen LogP contribution in [0.15, 0.2) is 48.8 Å². The Hall–Kier alpha value is -1.91. The van der Waals surface area contributed by atoms with E-state index >= 15 is 0 Å². The van der Waals surface area contributed by atoms with Crippen LogP contribution in [0, 0.1) is 0 Å². The summed E-state index contributed by atoms with van der Waals surface area (Å²) in [5.74, 6) is 0.189. The van der Waals surface area contributed by atoms with E-state index in [4.69, 9.17) is 16.3 Å². The van der Waals surface area contributed by atoms with Crippen LogP contribution in [0.4, 0.5) is 0 Å². The lowest BCUT2D eigenvalue weighted by Gasteiger charge is -2.33. The monoisotopic (exact) mass is 344 g/mol. The number of nitrogens with zero attached hydrogens (tertiary/aromatic N) is 2. The van der Waals surface area contributed by atoms with Crippen molar-refractivity contribution in [2.75, 3.05) is 19.7 Å². The van der Waals surface area contributed by atoms with Crippen LogP contribution in [0.5, 0.6) is 0 Å². The quantitative estimate of drug-likeness (QED) is 0.831. The van der Waals surface area contributed by atoms with E-state index in [1.807, 2.05) is 47.5 Å². The van der Waals surface area contributed by atoms with Gasteiger partial charge in [0.15, 0.2) is 0 Å². The van der Waals surface area contributed by atoms with Gasteiger partial charge in [0.25, 0.3) is 0 Å². The number of hydrogen-bond acceptors (Lipinski definition) is 3. The van der Waals surface area contributed by atoms with E-state index in [-0.39, 0.29) is 12.0 Å². The molecular weight excluding hydrogens is 324 g/mol. The largest absolute Gasteiger partial charge is 0.370 e. The van der Waals surface area contributed by atoms with Crippen molar-refractivity contribution in [2.45, 2.75) is 25.4 Å². The van der Waals surface area contributed by atoms with Crippen molar-refractivity contribution in [1.82, 2.24) is 9.88 Å². The predicted molar refractivity (Wildman–Crippen MR) is 93.9 cm³/mol. The summed E-state index contributed by atoms with van der Waals surface area (Å²) in [5, 5.41) is 0.691. The van der Waals surface area contributed by atoms with Gasteiger partial charge in [0.1, 0.15) is 6.10 Å². The SMILES string of the molecule is O=C(CCCc1cccnc1)N1CCOC(c2cccc(Cl)c2)C1. The molecule has 0 spiro atoms. The molecule has 0 aliphatic carbocycles. The van der Waals surface area contributed by atoms with Crippen molar-refractivity contribution in [3.05, 3.63) is 64.9 Å². The second-order valence-corrected chi connectivity index (χ2v) is 6.41. The molecule has 0 bridgehead atoms. The number of carbonyl (C=O) groups is 1. The molecule has 126 valence electrons. The zero-order valence-corrected chi connectivity index (χ0v) is 14.3. The second kappa shape index (κ2) is 8.27. The van der Waals surface area contributed by atoms with Crippen molar-refractivity contribution in [3.63, 3.8) is 0 Å². The molecule has 1 amide bonds. The van der Waals surface area contributed by atoms with Crippen molar-refractivity contribution < 1.29 is 9.53 Å². The Kier molecular flexibility index (Phi) is 5.83. The van der Waals surface area contributed by atoms with Gasteiger partial charge in [-0.15, -0.1) is 0 Å². The van der Waals surface area contributed by atoms with E-state index in [1.54, 1.807) is 6.20 Å². The summed E-state index contributed by atoms with van der Waals surface area (Å²) in [6, 6.07) is 11.6. The highest BCUT2D eigenvalue weighted by Gasteiger charge is 2.25. The Morgan fingerprint density at radius 1 is 1.33 bits per heavy atom. The Balaban J connectivity index is 1.51. The molecule has 1 aromatic carbocycles. The topological polar surface area (TPSA) is 42.4 Å². The van der Waals surface area contributed by atoms with Gasteiger partial charge in [-0.05, 0) is 42.2 Å². The number of amides is 1. The maximum Gasteiger partial charge on any atom is 0.222 e. The normalized spacial score (nSPS) is 17.7. The first-order valence-electron chi connectivity index (χ1n) is 8.26. The van der Waals surface area contributed by atoms with Crippen LogP contribution in [0.2, 0.25) is 5.02 Å². The Morgan fingerprint density at radius 2 is 2.25 bits per heavy atom. The highest BCUT2D eigenvalue weighted by molar-refractivity contribution is 6.30. The van der Waals surface area contributed by atoms with E-state index in [2.05, 4.69) is 4.98 Å². The summed E-state index contributed by atoms with van der Waals surface area (Å²) in [5.41, 5.74) is 2.19. The number of ether oxygens (including phenoxy) is 1. The second-order valence-electron chi connectivity index (χ2n) is 5.97.